The van der Waals surface area contributed by atoms with E-state index in [9.17, 15) is 32.7 Å². The Kier molecular flexibility index (Phi) is 8.81. The standard InChI is InChI=1S/C35H31F3O4/c1-5-31(39)29-15-14-26(18-30(29)34(41)42)23-8-10-24(11-9-23)32(40)19-25-12-13-28(17-22(25)4)33(35(36,37)38)27-7-6-20(2)21(3)16-27/h6-18,33H,5,19H2,1-4H3,(H,41,42). The number of halogens is 3. The van der Waals surface area contributed by atoms with Gasteiger partial charge in [0.05, 0.1) is 5.56 Å². The summed E-state index contributed by atoms with van der Waals surface area (Å²) in [6, 6.07) is 20.6. The number of benzene rings is 4. The van der Waals surface area contributed by atoms with E-state index in [1.54, 1.807) is 69.3 Å². The first-order valence-corrected chi connectivity index (χ1v) is 13.6. The second-order valence-corrected chi connectivity index (χ2v) is 10.5. The molecule has 0 bridgehead atoms. The van der Waals surface area contributed by atoms with Gasteiger partial charge in [0.25, 0.3) is 0 Å². The molecule has 4 nitrogen and oxygen atoms in total. The molecule has 0 radical (unpaired) electrons. The zero-order valence-corrected chi connectivity index (χ0v) is 23.8. The highest BCUT2D eigenvalue weighted by atomic mass is 19.4. The topological polar surface area (TPSA) is 71.4 Å². The van der Waals surface area contributed by atoms with Gasteiger partial charge in [-0.3, -0.25) is 9.59 Å². The van der Waals surface area contributed by atoms with E-state index in [1.807, 2.05) is 6.92 Å². The Labute approximate surface area is 242 Å². The number of carboxylic acids is 1. The van der Waals surface area contributed by atoms with Crippen LogP contribution in [0.4, 0.5) is 13.2 Å². The summed E-state index contributed by atoms with van der Waals surface area (Å²) in [6.45, 7) is 7.01. The predicted molar refractivity (Wildman–Crippen MR) is 156 cm³/mol. The molecule has 0 aliphatic rings. The minimum Gasteiger partial charge on any atom is -0.478 e. The van der Waals surface area contributed by atoms with E-state index in [0.717, 1.165) is 11.1 Å². The van der Waals surface area contributed by atoms with Crippen molar-refractivity contribution in [2.75, 3.05) is 0 Å². The summed E-state index contributed by atoms with van der Waals surface area (Å²) >= 11 is 0. The quantitative estimate of drug-likeness (QED) is 0.204. The lowest BCUT2D eigenvalue weighted by Gasteiger charge is -2.23. The van der Waals surface area contributed by atoms with E-state index in [-0.39, 0.29) is 46.7 Å². The van der Waals surface area contributed by atoms with Gasteiger partial charge in [0.2, 0.25) is 0 Å². The van der Waals surface area contributed by atoms with Crippen LogP contribution in [0.2, 0.25) is 0 Å². The summed E-state index contributed by atoms with van der Waals surface area (Å²) < 4.78 is 42.5. The van der Waals surface area contributed by atoms with Gasteiger partial charge in [0.15, 0.2) is 11.6 Å². The van der Waals surface area contributed by atoms with Gasteiger partial charge in [0, 0.05) is 24.0 Å². The lowest BCUT2D eigenvalue weighted by atomic mass is 9.86. The monoisotopic (exact) mass is 572 g/mol. The highest BCUT2D eigenvalue weighted by molar-refractivity contribution is 6.06. The molecule has 1 N–H and O–H groups in total. The van der Waals surface area contributed by atoms with Crippen molar-refractivity contribution in [1.29, 1.82) is 0 Å². The number of hydrogen-bond donors (Lipinski definition) is 1. The Morgan fingerprint density at radius 2 is 1.29 bits per heavy atom. The van der Waals surface area contributed by atoms with Crippen LogP contribution >= 0.6 is 0 Å². The number of hydrogen-bond acceptors (Lipinski definition) is 3. The number of rotatable bonds is 9. The van der Waals surface area contributed by atoms with Crippen LogP contribution in [-0.2, 0) is 6.42 Å². The molecule has 0 heterocycles. The van der Waals surface area contributed by atoms with Crippen molar-refractivity contribution < 1.29 is 32.7 Å². The molecule has 0 fully saturated rings. The fourth-order valence-corrected chi connectivity index (χ4v) is 5.07. The molecule has 4 rings (SSSR count). The number of aryl methyl sites for hydroxylation is 3. The Morgan fingerprint density at radius 1 is 0.690 bits per heavy atom. The fourth-order valence-electron chi connectivity index (χ4n) is 5.07. The van der Waals surface area contributed by atoms with Crippen molar-refractivity contribution in [3.05, 3.63) is 129 Å². The highest BCUT2D eigenvalue weighted by Gasteiger charge is 2.42. The molecule has 4 aromatic carbocycles. The first kappa shape index (κ1) is 30.4. The third-order valence-electron chi connectivity index (χ3n) is 7.65. The SMILES string of the molecule is CCC(=O)c1ccc(-c2ccc(C(=O)Cc3ccc(C(c4ccc(C)c(C)c4)C(F)(F)F)cc3C)cc2)cc1C(=O)O. The maximum absolute atomic E-state index is 14.2. The molecule has 1 unspecified atom stereocenters. The van der Waals surface area contributed by atoms with Crippen molar-refractivity contribution in [3.8, 4) is 11.1 Å². The average molecular weight is 573 g/mol. The fraction of sp³-hybridized carbons (Fsp3) is 0.229. The number of aromatic carboxylic acids is 1. The maximum atomic E-state index is 14.2. The van der Waals surface area contributed by atoms with Crippen LogP contribution < -0.4 is 0 Å². The predicted octanol–water partition coefficient (Wildman–Crippen LogP) is 8.69. The van der Waals surface area contributed by atoms with Gasteiger partial charge in [0.1, 0.15) is 5.92 Å². The summed E-state index contributed by atoms with van der Waals surface area (Å²) in [5.74, 6) is -3.43. The number of carboxylic acid groups (broad SMARTS) is 1. The number of carbonyl (C=O) groups excluding carboxylic acids is 2. The number of ketones is 2. The minimum atomic E-state index is -4.48. The van der Waals surface area contributed by atoms with Crippen molar-refractivity contribution >= 4 is 17.5 Å². The van der Waals surface area contributed by atoms with E-state index in [2.05, 4.69) is 0 Å². The molecule has 7 heteroatoms. The molecule has 0 saturated heterocycles. The normalized spacial score (nSPS) is 12.2. The first-order valence-electron chi connectivity index (χ1n) is 13.6. The van der Waals surface area contributed by atoms with Gasteiger partial charge in [-0.05, 0) is 77.4 Å². The summed E-state index contributed by atoms with van der Waals surface area (Å²) in [7, 11) is 0. The van der Waals surface area contributed by atoms with Crippen molar-refractivity contribution in [3.63, 3.8) is 0 Å². The van der Waals surface area contributed by atoms with Gasteiger partial charge < -0.3 is 5.11 Å². The zero-order valence-electron chi connectivity index (χ0n) is 23.8. The van der Waals surface area contributed by atoms with Gasteiger partial charge in [-0.15, -0.1) is 0 Å². The van der Waals surface area contributed by atoms with E-state index >= 15 is 0 Å². The molecular formula is C35H31F3O4. The summed E-state index contributed by atoms with van der Waals surface area (Å²) in [5, 5.41) is 9.57. The van der Waals surface area contributed by atoms with Crippen molar-refractivity contribution in [2.24, 2.45) is 0 Å². The third kappa shape index (κ3) is 6.51. The van der Waals surface area contributed by atoms with Crippen LogP contribution in [0.5, 0.6) is 0 Å². The molecule has 0 saturated carbocycles. The van der Waals surface area contributed by atoms with Crippen molar-refractivity contribution in [2.45, 2.75) is 52.6 Å². The molecular weight excluding hydrogens is 541 g/mol. The van der Waals surface area contributed by atoms with Crippen LogP contribution in [0, 0.1) is 20.8 Å². The summed E-state index contributed by atoms with van der Waals surface area (Å²) in [4.78, 5) is 36.9. The van der Waals surface area contributed by atoms with Crippen LogP contribution in [0.3, 0.4) is 0 Å². The van der Waals surface area contributed by atoms with Crippen LogP contribution in [0.25, 0.3) is 11.1 Å². The molecule has 0 aliphatic carbocycles. The molecule has 0 amide bonds. The van der Waals surface area contributed by atoms with Crippen molar-refractivity contribution in [1.82, 2.24) is 0 Å². The van der Waals surface area contributed by atoms with E-state index in [1.165, 1.54) is 30.3 Å². The average Bonchev–Trinajstić information content (AvgIpc) is 2.95. The minimum absolute atomic E-state index is 0.0166. The molecule has 216 valence electrons. The smallest absolute Gasteiger partial charge is 0.399 e. The van der Waals surface area contributed by atoms with Gasteiger partial charge in [-0.2, -0.15) is 13.2 Å². The third-order valence-corrected chi connectivity index (χ3v) is 7.65. The Hall–Kier alpha value is -4.52. The first-order chi connectivity index (χ1) is 19.8. The Balaban J connectivity index is 1.55. The molecule has 42 heavy (non-hydrogen) atoms. The lowest BCUT2D eigenvalue weighted by molar-refractivity contribution is -0.141. The number of alkyl halides is 3. The van der Waals surface area contributed by atoms with Crippen LogP contribution in [0.15, 0.2) is 78.9 Å². The van der Waals surface area contributed by atoms with Crippen LogP contribution in [-0.4, -0.2) is 28.8 Å². The molecule has 0 aromatic heterocycles. The number of Topliss-reactive ketones (excluding diaryl/α,β-unsaturated/α-hetero) is 2. The van der Waals surface area contributed by atoms with Gasteiger partial charge in [-0.1, -0.05) is 73.7 Å². The highest BCUT2D eigenvalue weighted by Crippen LogP contribution is 2.41. The van der Waals surface area contributed by atoms with Gasteiger partial charge >= 0.3 is 12.1 Å². The second-order valence-electron chi connectivity index (χ2n) is 10.5. The summed E-state index contributed by atoms with van der Waals surface area (Å²) in [6.07, 6.45) is -4.28. The number of carbonyl (C=O) groups is 3. The molecule has 4 aromatic rings. The van der Waals surface area contributed by atoms with Gasteiger partial charge in [-0.25, -0.2) is 4.79 Å². The Morgan fingerprint density at radius 3 is 1.83 bits per heavy atom. The Bertz CT molecular complexity index is 1670. The second kappa shape index (κ2) is 12.1. The molecule has 0 aliphatic heterocycles. The maximum Gasteiger partial charge on any atom is 0.399 e. The lowest BCUT2D eigenvalue weighted by Crippen LogP contribution is -2.22. The zero-order chi connectivity index (χ0) is 30.8. The van der Waals surface area contributed by atoms with E-state index < -0.39 is 18.1 Å². The summed E-state index contributed by atoms with van der Waals surface area (Å²) in [5.41, 5.74) is 4.99. The van der Waals surface area contributed by atoms with Crippen LogP contribution in [0.1, 0.15) is 83.7 Å². The largest absolute Gasteiger partial charge is 0.478 e. The molecule has 1 atom stereocenters. The van der Waals surface area contributed by atoms with E-state index in [0.29, 0.717) is 27.8 Å². The molecule has 0 spiro atoms. The van der Waals surface area contributed by atoms with E-state index in [4.69, 9.17) is 0 Å².